The zero-order valence-electron chi connectivity index (χ0n) is 15.6. The van der Waals surface area contributed by atoms with E-state index in [9.17, 15) is 13.2 Å². The number of rotatable bonds is 4. The van der Waals surface area contributed by atoms with Crippen LogP contribution in [0, 0.1) is 5.92 Å². The molecule has 1 aromatic heterocycles. The van der Waals surface area contributed by atoms with Crippen LogP contribution in [0.2, 0.25) is 5.02 Å². The molecule has 0 aliphatic heterocycles. The molecule has 0 spiro atoms. The molecular weight excluding hydrogens is 417 g/mol. The Morgan fingerprint density at radius 1 is 1.24 bits per heavy atom. The highest BCUT2D eigenvalue weighted by atomic mass is 35.5. The molecule has 4 rings (SSSR count). The topological polar surface area (TPSA) is 76.2 Å². The molecule has 152 valence electrons. The van der Waals surface area contributed by atoms with Crippen molar-refractivity contribution in [1.29, 1.82) is 0 Å². The van der Waals surface area contributed by atoms with Crippen molar-refractivity contribution >= 4 is 38.3 Å². The average molecular weight is 436 g/mol. The lowest BCUT2D eigenvalue weighted by Gasteiger charge is -2.33. The number of ether oxygens (including phenoxy) is 1. The van der Waals surface area contributed by atoms with Gasteiger partial charge in [-0.05, 0) is 55.2 Å². The van der Waals surface area contributed by atoms with Gasteiger partial charge in [-0.1, -0.05) is 29.8 Å². The Morgan fingerprint density at radius 2 is 1.97 bits per heavy atom. The Balaban J connectivity index is 1.80. The van der Waals surface area contributed by atoms with Crippen molar-refractivity contribution in [2.24, 2.45) is 5.92 Å². The zero-order chi connectivity index (χ0) is 20.8. The first-order chi connectivity index (χ1) is 13.8. The molecule has 0 bridgehead atoms. The van der Waals surface area contributed by atoms with Crippen molar-refractivity contribution in [2.75, 3.05) is 7.11 Å². The number of fused-ring (bicyclic) bond motifs is 3. The van der Waals surface area contributed by atoms with Crippen LogP contribution in [0.3, 0.4) is 0 Å². The van der Waals surface area contributed by atoms with Crippen LogP contribution in [0.4, 0.5) is 4.39 Å². The third-order valence-corrected chi connectivity index (χ3v) is 7.99. The van der Waals surface area contributed by atoms with Crippen LogP contribution in [0.25, 0.3) is 10.9 Å². The van der Waals surface area contributed by atoms with E-state index in [-0.39, 0.29) is 17.7 Å². The number of esters is 1. The van der Waals surface area contributed by atoms with Gasteiger partial charge in [-0.25, -0.2) is 17.6 Å². The largest absolute Gasteiger partial charge is 0.466 e. The number of halogens is 2. The number of sulfone groups is 1. The highest BCUT2D eigenvalue weighted by Crippen LogP contribution is 2.43. The van der Waals surface area contributed by atoms with Gasteiger partial charge in [-0.15, -0.1) is 0 Å². The molecule has 1 N–H and O–H groups in total. The number of methoxy groups -OCH3 is 1. The van der Waals surface area contributed by atoms with Crippen LogP contribution in [-0.4, -0.2) is 31.5 Å². The summed E-state index contributed by atoms with van der Waals surface area (Å²) in [6.07, 6.45) is 0.677. The van der Waals surface area contributed by atoms with Gasteiger partial charge in [0.1, 0.15) is 0 Å². The summed E-state index contributed by atoms with van der Waals surface area (Å²) in [4.78, 5) is 15.5. The molecule has 1 unspecified atom stereocenters. The molecule has 1 aliphatic rings. The normalized spacial score (nSPS) is 18.8. The van der Waals surface area contributed by atoms with E-state index < -0.39 is 26.7 Å². The Hall–Kier alpha value is -2.38. The number of carbonyl (C=O) groups is 1. The lowest BCUT2D eigenvalue weighted by atomic mass is 9.83. The van der Waals surface area contributed by atoms with E-state index >= 15 is 4.39 Å². The summed E-state index contributed by atoms with van der Waals surface area (Å²) in [6, 6.07) is 12.6. The van der Waals surface area contributed by atoms with Crippen molar-refractivity contribution in [1.82, 2.24) is 4.98 Å². The van der Waals surface area contributed by atoms with Crippen molar-refractivity contribution in [3.63, 3.8) is 0 Å². The molecule has 3 aromatic rings. The number of aryl methyl sites for hydroxylation is 1. The predicted octanol–water partition coefficient (Wildman–Crippen LogP) is 4.24. The Morgan fingerprint density at radius 3 is 2.66 bits per heavy atom. The molecule has 0 amide bonds. The highest BCUT2D eigenvalue weighted by molar-refractivity contribution is 7.93. The summed E-state index contributed by atoms with van der Waals surface area (Å²) >= 11 is 6.09. The number of hydrogen-bond donors (Lipinski definition) is 1. The second-order valence-electron chi connectivity index (χ2n) is 7.16. The molecule has 8 heteroatoms. The summed E-state index contributed by atoms with van der Waals surface area (Å²) in [5, 5.41) is -1.67. The first kappa shape index (κ1) is 19.9. The Bertz CT molecular complexity index is 1190. The number of H-pyrrole nitrogens is 1. The summed E-state index contributed by atoms with van der Waals surface area (Å²) in [6.45, 7) is 0. The Labute approximate surface area is 172 Å². The molecule has 2 aromatic carbocycles. The average Bonchev–Trinajstić information content (AvgIpc) is 3.10. The summed E-state index contributed by atoms with van der Waals surface area (Å²) in [5.74, 6) is -2.48. The minimum Gasteiger partial charge on any atom is -0.466 e. The smallest absolute Gasteiger partial charge is 0.360 e. The van der Waals surface area contributed by atoms with E-state index in [0.29, 0.717) is 17.1 Å². The molecule has 1 aliphatic carbocycles. The summed E-state index contributed by atoms with van der Waals surface area (Å²) in [7, 11) is -3.63. The molecule has 0 radical (unpaired) electrons. The molecule has 2 atom stereocenters. The third kappa shape index (κ3) is 3.04. The van der Waals surface area contributed by atoms with Gasteiger partial charge in [0.15, 0.2) is 0 Å². The summed E-state index contributed by atoms with van der Waals surface area (Å²) in [5.41, 5.74) is 2.53. The maximum Gasteiger partial charge on any atom is 0.360 e. The SMILES string of the molecule is COC(=O)[C@](F)(C1CCc2c([nH]c3ccc(Cl)cc23)C1)S(=O)(=O)c1ccccc1. The lowest BCUT2D eigenvalue weighted by molar-refractivity contribution is -0.152. The second kappa shape index (κ2) is 7.15. The molecule has 29 heavy (non-hydrogen) atoms. The van der Waals surface area contributed by atoms with Crippen LogP contribution < -0.4 is 0 Å². The van der Waals surface area contributed by atoms with Crippen molar-refractivity contribution in [2.45, 2.75) is 29.2 Å². The monoisotopic (exact) mass is 435 g/mol. The minimum absolute atomic E-state index is 0.0687. The van der Waals surface area contributed by atoms with Crippen LogP contribution in [0.1, 0.15) is 17.7 Å². The summed E-state index contributed by atoms with van der Waals surface area (Å²) < 4.78 is 47.2. The van der Waals surface area contributed by atoms with E-state index in [4.69, 9.17) is 11.6 Å². The number of benzene rings is 2. The quantitative estimate of drug-likeness (QED) is 0.622. The van der Waals surface area contributed by atoms with Crippen LogP contribution in [0.5, 0.6) is 0 Å². The molecule has 1 heterocycles. The van der Waals surface area contributed by atoms with Crippen LogP contribution in [0.15, 0.2) is 53.4 Å². The van der Waals surface area contributed by atoms with E-state index in [1.54, 1.807) is 12.1 Å². The number of alkyl halides is 1. The van der Waals surface area contributed by atoms with Gasteiger partial charge in [0.05, 0.1) is 12.0 Å². The van der Waals surface area contributed by atoms with Gasteiger partial charge < -0.3 is 9.72 Å². The highest BCUT2D eigenvalue weighted by Gasteiger charge is 2.59. The molecule has 0 saturated carbocycles. The van der Waals surface area contributed by atoms with E-state index in [1.165, 1.54) is 24.3 Å². The molecular formula is C21H19ClFNO4S. The number of aromatic amines is 1. The van der Waals surface area contributed by atoms with Gasteiger partial charge in [-0.3, -0.25) is 0 Å². The first-order valence-electron chi connectivity index (χ1n) is 9.15. The number of aromatic nitrogens is 1. The second-order valence-corrected chi connectivity index (χ2v) is 9.67. The predicted molar refractivity (Wildman–Crippen MR) is 108 cm³/mol. The zero-order valence-corrected chi connectivity index (χ0v) is 17.2. The van der Waals surface area contributed by atoms with Crippen LogP contribution in [-0.2, 0) is 32.2 Å². The lowest BCUT2D eigenvalue weighted by Crippen LogP contribution is -2.51. The minimum atomic E-state index is -4.63. The first-order valence-corrected chi connectivity index (χ1v) is 11.0. The van der Waals surface area contributed by atoms with Gasteiger partial charge in [-0.2, -0.15) is 0 Å². The fraction of sp³-hybridized carbons (Fsp3) is 0.286. The maximum absolute atomic E-state index is 16.3. The number of hydrogen-bond acceptors (Lipinski definition) is 4. The van der Waals surface area contributed by atoms with Crippen molar-refractivity contribution < 1.29 is 22.3 Å². The fourth-order valence-corrected chi connectivity index (χ4v) is 6.10. The number of carbonyl (C=O) groups excluding carboxylic acids is 1. The maximum atomic E-state index is 16.3. The molecule has 0 fully saturated rings. The fourth-order valence-electron chi connectivity index (χ4n) is 4.13. The van der Waals surface area contributed by atoms with Gasteiger partial charge >= 0.3 is 11.0 Å². The van der Waals surface area contributed by atoms with Gasteiger partial charge in [0.25, 0.3) is 0 Å². The van der Waals surface area contributed by atoms with E-state index in [2.05, 4.69) is 9.72 Å². The van der Waals surface area contributed by atoms with E-state index in [1.807, 2.05) is 12.1 Å². The van der Waals surface area contributed by atoms with Gasteiger partial charge in [0, 0.05) is 27.5 Å². The van der Waals surface area contributed by atoms with Gasteiger partial charge in [0.2, 0.25) is 9.84 Å². The van der Waals surface area contributed by atoms with Crippen LogP contribution >= 0.6 is 11.6 Å². The molecule has 0 saturated heterocycles. The van der Waals surface area contributed by atoms with Crippen molar-refractivity contribution in [3.05, 3.63) is 64.8 Å². The van der Waals surface area contributed by atoms with E-state index in [0.717, 1.165) is 23.6 Å². The number of nitrogens with one attached hydrogen (secondary N) is 1. The van der Waals surface area contributed by atoms with Crippen molar-refractivity contribution in [3.8, 4) is 0 Å². The molecule has 5 nitrogen and oxygen atoms in total. The Kier molecular flexibility index (Phi) is 4.91. The third-order valence-electron chi connectivity index (χ3n) is 5.58. The standard InChI is InChI=1S/C21H19ClFNO4S/c1-28-20(25)21(23,29(26,27)15-5-3-2-4-6-15)13-7-9-16-17-12-14(22)8-10-18(17)24-19(16)11-13/h2-6,8,10,12-13,24H,7,9,11H2,1H3/t13?,21-/m0/s1.